The van der Waals surface area contributed by atoms with Crippen LogP contribution in [0.5, 0.6) is 0 Å². The molecule has 0 amide bonds. The largest absolute Gasteiger partial charge is 0.355 e. The average Bonchev–Trinajstić information content (AvgIpc) is 2.18. The summed E-state index contributed by atoms with van der Waals surface area (Å²) in [7, 11) is -4.55. The Hall–Kier alpha value is -1.17. The van der Waals surface area contributed by atoms with Gasteiger partial charge in [0.25, 0.3) is 10.0 Å². The van der Waals surface area contributed by atoms with Gasteiger partial charge in [0.15, 0.2) is 0 Å². The molecule has 0 atom stereocenters. The topological polar surface area (TPSA) is 46.2 Å². The Morgan fingerprint density at radius 2 is 1.80 bits per heavy atom. The summed E-state index contributed by atoms with van der Waals surface area (Å²) in [5, 5.41) is 0. The first-order valence-corrected chi connectivity index (χ1v) is 5.89. The Balaban J connectivity index is 2.82. The quantitative estimate of drug-likeness (QED) is 0.869. The number of rotatable bonds is 4. The van der Waals surface area contributed by atoms with Crippen LogP contribution in [0.3, 0.4) is 0 Å². The van der Waals surface area contributed by atoms with Crippen molar-refractivity contribution in [1.29, 1.82) is 0 Å². The molecule has 3 nitrogen and oxygen atoms in total. The number of benzene rings is 1. The lowest BCUT2D eigenvalue weighted by molar-refractivity contribution is 0.236. The molecule has 0 saturated heterocycles. The van der Waals surface area contributed by atoms with Crippen LogP contribution in [0.25, 0.3) is 0 Å². The first-order valence-electron chi connectivity index (χ1n) is 4.34. The summed E-state index contributed by atoms with van der Waals surface area (Å²) in [5.74, 6) is -3.41. The lowest BCUT2D eigenvalue weighted by atomic mass is 10.2. The highest BCUT2D eigenvalue weighted by Crippen LogP contribution is 2.14. The zero-order valence-corrected chi connectivity index (χ0v) is 8.89. The third kappa shape index (κ3) is 3.16. The van der Waals surface area contributed by atoms with Crippen LogP contribution in [-0.4, -0.2) is 14.2 Å². The SMILES string of the molecule is CCc1ccc(NS(=O)(=O)C(F)F)cc1. The zero-order valence-electron chi connectivity index (χ0n) is 8.07. The van der Waals surface area contributed by atoms with Gasteiger partial charge >= 0.3 is 5.76 Å². The van der Waals surface area contributed by atoms with Gasteiger partial charge in [-0.25, -0.2) is 8.42 Å². The predicted molar refractivity (Wildman–Crippen MR) is 54.4 cm³/mol. The Morgan fingerprint density at radius 3 is 2.20 bits per heavy atom. The van der Waals surface area contributed by atoms with E-state index in [2.05, 4.69) is 0 Å². The standard InChI is InChI=1S/C9H11F2NO2S/c1-2-7-3-5-8(6-4-7)12-15(13,14)9(10)11/h3-6,9,12H,2H2,1H3. The summed E-state index contributed by atoms with van der Waals surface area (Å²) in [6.45, 7) is 1.94. The summed E-state index contributed by atoms with van der Waals surface area (Å²) >= 11 is 0. The number of hydrogen-bond donors (Lipinski definition) is 1. The van der Waals surface area contributed by atoms with Crippen LogP contribution in [0.15, 0.2) is 24.3 Å². The molecule has 0 aliphatic carbocycles. The van der Waals surface area contributed by atoms with Crippen LogP contribution in [0.1, 0.15) is 12.5 Å². The molecule has 84 valence electrons. The predicted octanol–water partition coefficient (Wildman–Crippen LogP) is 2.21. The van der Waals surface area contributed by atoms with Gasteiger partial charge in [0.05, 0.1) is 0 Å². The second kappa shape index (κ2) is 4.57. The van der Waals surface area contributed by atoms with E-state index in [1.165, 1.54) is 12.1 Å². The minimum absolute atomic E-state index is 0.146. The van der Waals surface area contributed by atoms with E-state index in [1.807, 2.05) is 6.92 Å². The van der Waals surface area contributed by atoms with Crippen molar-refractivity contribution in [3.63, 3.8) is 0 Å². The van der Waals surface area contributed by atoms with Gasteiger partial charge in [0.2, 0.25) is 0 Å². The van der Waals surface area contributed by atoms with Crippen LogP contribution in [0.4, 0.5) is 14.5 Å². The van der Waals surface area contributed by atoms with E-state index in [4.69, 9.17) is 0 Å². The van der Waals surface area contributed by atoms with Gasteiger partial charge in [-0.3, -0.25) is 4.72 Å². The van der Waals surface area contributed by atoms with Crippen molar-refractivity contribution < 1.29 is 17.2 Å². The number of anilines is 1. The first kappa shape index (κ1) is 11.9. The second-order valence-electron chi connectivity index (χ2n) is 2.96. The van der Waals surface area contributed by atoms with Crippen LogP contribution in [0.2, 0.25) is 0 Å². The lowest BCUT2D eigenvalue weighted by Gasteiger charge is -2.07. The van der Waals surface area contributed by atoms with Gasteiger partial charge in [-0.2, -0.15) is 8.78 Å². The summed E-state index contributed by atoms with van der Waals surface area (Å²) in [6.07, 6.45) is 0.807. The highest BCUT2D eigenvalue weighted by Gasteiger charge is 2.23. The normalized spacial score (nSPS) is 11.7. The molecule has 0 unspecified atom stereocenters. The third-order valence-corrected chi connectivity index (χ3v) is 2.85. The number of sulfonamides is 1. The average molecular weight is 235 g/mol. The lowest BCUT2D eigenvalue weighted by Crippen LogP contribution is -2.20. The van der Waals surface area contributed by atoms with Gasteiger partial charge in [0, 0.05) is 5.69 Å². The molecule has 0 aliphatic rings. The highest BCUT2D eigenvalue weighted by atomic mass is 32.2. The van der Waals surface area contributed by atoms with Crippen LogP contribution >= 0.6 is 0 Å². The second-order valence-corrected chi connectivity index (χ2v) is 4.61. The number of halogens is 2. The molecule has 0 fully saturated rings. The smallest absolute Gasteiger partial charge is 0.279 e. The van der Waals surface area contributed by atoms with E-state index in [0.29, 0.717) is 0 Å². The molecule has 0 heterocycles. The van der Waals surface area contributed by atoms with Gasteiger partial charge in [-0.05, 0) is 24.1 Å². The van der Waals surface area contributed by atoms with Crippen LogP contribution in [0, 0.1) is 0 Å². The van der Waals surface area contributed by atoms with Crippen molar-refractivity contribution in [3.8, 4) is 0 Å². The molecule has 6 heteroatoms. The maximum atomic E-state index is 12.0. The van der Waals surface area contributed by atoms with E-state index < -0.39 is 15.8 Å². The summed E-state index contributed by atoms with van der Waals surface area (Å²) in [4.78, 5) is 0. The Bertz CT molecular complexity index is 414. The van der Waals surface area contributed by atoms with E-state index >= 15 is 0 Å². The molecule has 1 rings (SSSR count). The number of hydrogen-bond acceptors (Lipinski definition) is 2. The summed E-state index contributed by atoms with van der Waals surface area (Å²) < 4.78 is 47.4. The van der Waals surface area contributed by atoms with E-state index in [0.717, 1.165) is 12.0 Å². The summed E-state index contributed by atoms with van der Waals surface area (Å²) in [6, 6.07) is 6.28. The molecule has 0 aromatic heterocycles. The fourth-order valence-corrected chi connectivity index (χ4v) is 1.57. The minimum atomic E-state index is -4.55. The fraction of sp³-hybridized carbons (Fsp3) is 0.333. The molecule has 0 aliphatic heterocycles. The van der Waals surface area contributed by atoms with Crippen LogP contribution < -0.4 is 4.72 Å². The molecule has 1 N–H and O–H groups in total. The molecule has 0 radical (unpaired) electrons. The summed E-state index contributed by atoms with van der Waals surface area (Å²) in [5.41, 5.74) is 1.16. The molecule has 1 aromatic carbocycles. The Morgan fingerprint density at radius 1 is 1.27 bits per heavy atom. The molecular formula is C9H11F2NO2S. The van der Waals surface area contributed by atoms with E-state index in [-0.39, 0.29) is 5.69 Å². The molecule has 0 spiro atoms. The third-order valence-electron chi connectivity index (χ3n) is 1.86. The fourth-order valence-electron chi connectivity index (χ4n) is 1.02. The molecule has 0 bridgehead atoms. The number of alkyl halides is 2. The zero-order chi connectivity index (χ0) is 11.5. The van der Waals surface area contributed by atoms with E-state index in [1.54, 1.807) is 16.9 Å². The first-order chi connectivity index (χ1) is 6.95. The highest BCUT2D eigenvalue weighted by molar-refractivity contribution is 7.93. The monoisotopic (exact) mass is 235 g/mol. The van der Waals surface area contributed by atoms with Crippen molar-refractivity contribution in [1.82, 2.24) is 0 Å². The van der Waals surface area contributed by atoms with Crippen molar-refractivity contribution in [2.24, 2.45) is 0 Å². The molecule has 15 heavy (non-hydrogen) atoms. The van der Waals surface area contributed by atoms with Crippen molar-refractivity contribution in [3.05, 3.63) is 29.8 Å². The minimum Gasteiger partial charge on any atom is -0.279 e. The van der Waals surface area contributed by atoms with Gasteiger partial charge in [-0.15, -0.1) is 0 Å². The molecule has 1 aromatic rings. The van der Waals surface area contributed by atoms with Crippen molar-refractivity contribution in [2.45, 2.75) is 19.1 Å². The van der Waals surface area contributed by atoms with Gasteiger partial charge in [-0.1, -0.05) is 19.1 Å². The Kier molecular flexibility index (Phi) is 3.62. The van der Waals surface area contributed by atoms with Crippen molar-refractivity contribution in [2.75, 3.05) is 4.72 Å². The number of aryl methyl sites for hydroxylation is 1. The maximum absolute atomic E-state index is 12.0. The Labute approximate surface area is 87.2 Å². The van der Waals surface area contributed by atoms with Crippen LogP contribution in [-0.2, 0) is 16.4 Å². The maximum Gasteiger partial charge on any atom is 0.355 e. The van der Waals surface area contributed by atoms with Crippen molar-refractivity contribution >= 4 is 15.7 Å². The van der Waals surface area contributed by atoms with Gasteiger partial charge in [0.1, 0.15) is 0 Å². The van der Waals surface area contributed by atoms with Gasteiger partial charge < -0.3 is 0 Å². The van der Waals surface area contributed by atoms with E-state index in [9.17, 15) is 17.2 Å². The molecular weight excluding hydrogens is 224 g/mol. The number of nitrogens with one attached hydrogen (secondary N) is 1. The molecule has 0 saturated carbocycles.